The quantitative estimate of drug-likeness (QED) is 0.886. The lowest BCUT2D eigenvalue weighted by molar-refractivity contribution is 0.0620. The highest BCUT2D eigenvalue weighted by atomic mass is 32.1. The fourth-order valence-electron chi connectivity index (χ4n) is 2.56. The molecule has 2 heterocycles. The maximum absolute atomic E-state index is 6.16. The van der Waals surface area contributed by atoms with Crippen molar-refractivity contribution in [2.24, 2.45) is 0 Å². The number of fused-ring (bicyclic) bond motifs is 1. The van der Waals surface area contributed by atoms with Crippen molar-refractivity contribution in [2.75, 3.05) is 13.2 Å². The average Bonchev–Trinajstić information content (AvgIpc) is 3.04. The van der Waals surface area contributed by atoms with E-state index < -0.39 is 0 Å². The highest BCUT2D eigenvalue weighted by Gasteiger charge is 2.28. The third-order valence-electron chi connectivity index (χ3n) is 3.67. The summed E-state index contributed by atoms with van der Waals surface area (Å²) in [4.78, 5) is 0. The summed E-state index contributed by atoms with van der Waals surface area (Å²) in [5.74, 6) is 1.70. The molecule has 1 aliphatic rings. The predicted octanol–water partition coefficient (Wildman–Crippen LogP) is 3.50. The molecule has 3 rings (SSSR count). The van der Waals surface area contributed by atoms with E-state index in [1.807, 2.05) is 24.3 Å². The van der Waals surface area contributed by atoms with Crippen LogP contribution in [0.2, 0.25) is 0 Å². The van der Waals surface area contributed by atoms with E-state index in [9.17, 15) is 0 Å². The summed E-state index contributed by atoms with van der Waals surface area (Å²) in [5.41, 5.74) is 1.36. The van der Waals surface area contributed by atoms with Gasteiger partial charge < -0.3 is 14.8 Å². The standard InChI is InChI=1S/C17H21NO2S/c1-2-8-18-14(10-13-7-9-21-12-13)17-11-19-15-5-3-4-6-16(15)20-17/h3-7,9,12,14,17-18H,2,8,10-11H2,1H3. The average molecular weight is 303 g/mol. The predicted molar refractivity (Wildman–Crippen MR) is 86.5 cm³/mol. The highest BCUT2D eigenvalue weighted by molar-refractivity contribution is 7.07. The molecule has 3 nitrogen and oxygen atoms in total. The zero-order chi connectivity index (χ0) is 14.5. The van der Waals surface area contributed by atoms with Gasteiger partial charge in [-0.15, -0.1) is 0 Å². The molecular formula is C17H21NO2S. The number of para-hydroxylation sites is 2. The lowest BCUT2D eigenvalue weighted by Gasteiger charge is -2.32. The van der Waals surface area contributed by atoms with Gasteiger partial charge in [-0.25, -0.2) is 0 Å². The van der Waals surface area contributed by atoms with Gasteiger partial charge in [-0.2, -0.15) is 11.3 Å². The monoisotopic (exact) mass is 303 g/mol. The number of benzene rings is 1. The van der Waals surface area contributed by atoms with Crippen molar-refractivity contribution in [3.05, 3.63) is 46.7 Å². The molecule has 2 unspecified atom stereocenters. The summed E-state index contributed by atoms with van der Waals surface area (Å²) in [5, 5.41) is 7.94. The third-order valence-corrected chi connectivity index (χ3v) is 4.40. The molecule has 1 aromatic heterocycles. The Kier molecular flexibility index (Phi) is 4.78. The SMILES string of the molecule is CCCNC(Cc1ccsc1)C1COc2ccccc2O1. The normalized spacial score (nSPS) is 18.4. The number of nitrogens with one attached hydrogen (secondary N) is 1. The molecule has 21 heavy (non-hydrogen) atoms. The first-order valence-corrected chi connectivity index (χ1v) is 8.44. The van der Waals surface area contributed by atoms with E-state index in [2.05, 4.69) is 29.1 Å². The van der Waals surface area contributed by atoms with Crippen molar-refractivity contribution >= 4 is 11.3 Å². The molecular weight excluding hydrogens is 282 g/mol. The lowest BCUT2D eigenvalue weighted by Crippen LogP contribution is -2.49. The van der Waals surface area contributed by atoms with E-state index in [1.54, 1.807) is 11.3 Å². The van der Waals surface area contributed by atoms with Crippen molar-refractivity contribution in [1.29, 1.82) is 0 Å². The second kappa shape index (κ2) is 6.96. The van der Waals surface area contributed by atoms with Crippen LogP contribution in [0.3, 0.4) is 0 Å². The molecule has 0 bridgehead atoms. The Morgan fingerprint density at radius 3 is 2.90 bits per heavy atom. The van der Waals surface area contributed by atoms with E-state index in [1.165, 1.54) is 5.56 Å². The van der Waals surface area contributed by atoms with Gasteiger partial charge in [-0.3, -0.25) is 0 Å². The van der Waals surface area contributed by atoms with Gasteiger partial charge in [0.2, 0.25) is 0 Å². The summed E-state index contributed by atoms with van der Waals surface area (Å²) in [6.07, 6.45) is 2.13. The fraction of sp³-hybridized carbons (Fsp3) is 0.412. The topological polar surface area (TPSA) is 30.5 Å². The van der Waals surface area contributed by atoms with Crippen LogP contribution in [-0.2, 0) is 6.42 Å². The molecule has 0 radical (unpaired) electrons. The smallest absolute Gasteiger partial charge is 0.161 e. The van der Waals surface area contributed by atoms with Crippen molar-refractivity contribution in [3.63, 3.8) is 0 Å². The van der Waals surface area contributed by atoms with Crippen LogP contribution in [0.1, 0.15) is 18.9 Å². The second-order valence-electron chi connectivity index (χ2n) is 5.31. The van der Waals surface area contributed by atoms with E-state index in [-0.39, 0.29) is 12.1 Å². The van der Waals surface area contributed by atoms with E-state index in [4.69, 9.17) is 9.47 Å². The fourth-order valence-corrected chi connectivity index (χ4v) is 3.24. The van der Waals surface area contributed by atoms with Gasteiger partial charge in [0.05, 0.1) is 6.04 Å². The van der Waals surface area contributed by atoms with Crippen LogP contribution in [0.15, 0.2) is 41.1 Å². The number of hydrogen-bond donors (Lipinski definition) is 1. The van der Waals surface area contributed by atoms with Crippen LogP contribution < -0.4 is 14.8 Å². The minimum Gasteiger partial charge on any atom is -0.486 e. The molecule has 0 spiro atoms. The Morgan fingerprint density at radius 1 is 1.29 bits per heavy atom. The maximum Gasteiger partial charge on any atom is 0.161 e. The van der Waals surface area contributed by atoms with Crippen LogP contribution in [0.25, 0.3) is 0 Å². The molecule has 1 N–H and O–H groups in total. The molecule has 112 valence electrons. The first-order valence-electron chi connectivity index (χ1n) is 7.49. The van der Waals surface area contributed by atoms with E-state index in [0.29, 0.717) is 6.61 Å². The van der Waals surface area contributed by atoms with Crippen LogP contribution in [0, 0.1) is 0 Å². The Labute approximate surface area is 129 Å². The van der Waals surface area contributed by atoms with E-state index in [0.717, 1.165) is 30.9 Å². The minimum absolute atomic E-state index is 0.0475. The Bertz CT molecular complexity index is 556. The third kappa shape index (κ3) is 3.57. The molecule has 2 atom stereocenters. The summed E-state index contributed by atoms with van der Waals surface area (Å²) in [6, 6.07) is 10.3. The second-order valence-corrected chi connectivity index (χ2v) is 6.09. The number of rotatable bonds is 6. The summed E-state index contributed by atoms with van der Waals surface area (Å²) in [7, 11) is 0. The van der Waals surface area contributed by atoms with E-state index >= 15 is 0 Å². The Balaban J connectivity index is 1.71. The van der Waals surface area contributed by atoms with Crippen molar-refractivity contribution < 1.29 is 9.47 Å². The van der Waals surface area contributed by atoms with Crippen LogP contribution in [-0.4, -0.2) is 25.3 Å². The Morgan fingerprint density at radius 2 is 2.14 bits per heavy atom. The number of hydrogen-bond acceptors (Lipinski definition) is 4. The van der Waals surface area contributed by atoms with Gasteiger partial charge in [0.15, 0.2) is 11.5 Å². The Hall–Kier alpha value is -1.52. The van der Waals surface area contributed by atoms with Gasteiger partial charge in [-0.05, 0) is 53.9 Å². The summed E-state index contributed by atoms with van der Waals surface area (Å²) < 4.78 is 12.0. The molecule has 4 heteroatoms. The first kappa shape index (κ1) is 14.4. The molecule has 0 amide bonds. The lowest BCUT2D eigenvalue weighted by atomic mass is 10.0. The van der Waals surface area contributed by atoms with Crippen LogP contribution >= 0.6 is 11.3 Å². The molecule has 0 fully saturated rings. The van der Waals surface area contributed by atoms with Crippen molar-refractivity contribution in [2.45, 2.75) is 31.9 Å². The largest absolute Gasteiger partial charge is 0.486 e. The number of ether oxygens (including phenoxy) is 2. The summed E-state index contributed by atoms with van der Waals surface area (Å²) in [6.45, 7) is 3.78. The van der Waals surface area contributed by atoms with Gasteiger partial charge >= 0.3 is 0 Å². The van der Waals surface area contributed by atoms with Crippen molar-refractivity contribution in [3.8, 4) is 11.5 Å². The molecule has 2 aromatic rings. The van der Waals surface area contributed by atoms with Gasteiger partial charge in [-0.1, -0.05) is 19.1 Å². The number of thiophene rings is 1. The minimum atomic E-state index is 0.0475. The van der Waals surface area contributed by atoms with Gasteiger partial charge in [0.1, 0.15) is 12.7 Å². The van der Waals surface area contributed by atoms with Crippen LogP contribution in [0.5, 0.6) is 11.5 Å². The molecule has 0 aliphatic carbocycles. The first-order chi connectivity index (χ1) is 10.4. The zero-order valence-electron chi connectivity index (χ0n) is 12.2. The highest BCUT2D eigenvalue weighted by Crippen LogP contribution is 2.32. The van der Waals surface area contributed by atoms with Crippen molar-refractivity contribution in [1.82, 2.24) is 5.32 Å². The van der Waals surface area contributed by atoms with Crippen LogP contribution in [0.4, 0.5) is 0 Å². The van der Waals surface area contributed by atoms with Gasteiger partial charge in [0.25, 0.3) is 0 Å². The molecule has 0 saturated carbocycles. The zero-order valence-corrected chi connectivity index (χ0v) is 13.1. The molecule has 1 aromatic carbocycles. The maximum atomic E-state index is 6.16. The summed E-state index contributed by atoms with van der Waals surface area (Å²) >= 11 is 1.74. The molecule has 0 saturated heterocycles. The van der Waals surface area contributed by atoms with Gasteiger partial charge in [0, 0.05) is 0 Å². The molecule has 1 aliphatic heterocycles.